The molecule has 1 heterocycles. The lowest BCUT2D eigenvalue weighted by Gasteiger charge is -2.25. The van der Waals surface area contributed by atoms with Crippen molar-refractivity contribution in [2.75, 3.05) is 19.0 Å². The van der Waals surface area contributed by atoms with Gasteiger partial charge in [-0.3, -0.25) is 4.79 Å². The average molecular weight is 382 g/mol. The molecule has 0 aliphatic carbocycles. The van der Waals surface area contributed by atoms with Crippen LogP contribution >= 0.6 is 11.8 Å². The number of hydrogen-bond donors (Lipinski definition) is 1. The molecule has 1 aliphatic heterocycles. The molecule has 140 valence electrons. The Bertz CT molecular complexity index is 863. The Morgan fingerprint density at radius 3 is 3.00 bits per heavy atom. The molecule has 1 amide bonds. The number of nitrogens with one attached hydrogen (secondary N) is 1. The second-order valence-corrected chi connectivity index (χ2v) is 7.94. The number of rotatable bonds is 6. The van der Waals surface area contributed by atoms with Crippen molar-refractivity contribution < 1.29 is 14.3 Å². The number of amides is 1. The van der Waals surface area contributed by atoms with E-state index < -0.39 is 0 Å². The normalized spacial score (nSPS) is 16.4. The maximum absolute atomic E-state index is 12.8. The number of carbonyl (C=O) groups is 1. The summed E-state index contributed by atoms with van der Waals surface area (Å²) in [4.78, 5) is 13.8. The average Bonchev–Trinajstić information content (AvgIpc) is 2.68. The van der Waals surface area contributed by atoms with E-state index in [1.807, 2.05) is 49.4 Å². The van der Waals surface area contributed by atoms with E-state index in [2.05, 4.69) is 11.4 Å². The van der Waals surface area contributed by atoms with E-state index in [-0.39, 0.29) is 17.1 Å². The first-order valence-corrected chi connectivity index (χ1v) is 9.72. The van der Waals surface area contributed by atoms with Crippen molar-refractivity contribution in [3.63, 3.8) is 0 Å². The van der Waals surface area contributed by atoms with Crippen LogP contribution in [0.15, 0.2) is 47.4 Å². The monoisotopic (exact) mass is 382 g/mol. The summed E-state index contributed by atoms with van der Waals surface area (Å²) in [5.41, 5.74) is 1.78. The van der Waals surface area contributed by atoms with Crippen molar-refractivity contribution in [3.05, 3.63) is 48.0 Å². The van der Waals surface area contributed by atoms with E-state index in [1.54, 1.807) is 18.9 Å². The van der Waals surface area contributed by atoms with Gasteiger partial charge in [-0.1, -0.05) is 25.1 Å². The van der Waals surface area contributed by atoms with Crippen LogP contribution in [-0.2, 0) is 11.2 Å². The van der Waals surface area contributed by atoms with Crippen LogP contribution in [0, 0.1) is 17.2 Å². The van der Waals surface area contributed by atoms with Gasteiger partial charge in [0.15, 0.2) is 0 Å². The summed E-state index contributed by atoms with van der Waals surface area (Å²) in [7, 11) is 1.62. The van der Waals surface area contributed by atoms with E-state index in [9.17, 15) is 4.79 Å². The Morgan fingerprint density at radius 1 is 1.41 bits per heavy atom. The summed E-state index contributed by atoms with van der Waals surface area (Å²) in [6, 6.07) is 15.5. The molecule has 6 heteroatoms. The molecule has 1 aliphatic rings. The van der Waals surface area contributed by atoms with Gasteiger partial charge in [-0.2, -0.15) is 5.26 Å². The summed E-state index contributed by atoms with van der Waals surface area (Å²) < 4.78 is 11.0. The topological polar surface area (TPSA) is 71.3 Å². The van der Waals surface area contributed by atoms with Crippen LogP contribution in [0.2, 0.25) is 0 Å². The third-order valence-electron chi connectivity index (χ3n) is 4.40. The second kappa shape index (κ2) is 8.83. The zero-order valence-corrected chi connectivity index (χ0v) is 16.2. The van der Waals surface area contributed by atoms with E-state index in [1.165, 1.54) is 0 Å². The second-order valence-electron chi connectivity index (χ2n) is 6.46. The van der Waals surface area contributed by atoms with Gasteiger partial charge in [0.05, 0.1) is 24.8 Å². The highest BCUT2D eigenvalue weighted by Gasteiger charge is 2.27. The third kappa shape index (κ3) is 4.75. The highest BCUT2D eigenvalue weighted by atomic mass is 32.2. The van der Waals surface area contributed by atoms with Crippen molar-refractivity contribution in [1.29, 1.82) is 5.26 Å². The lowest BCUT2D eigenvalue weighted by Crippen LogP contribution is -2.32. The van der Waals surface area contributed by atoms with Gasteiger partial charge in [0, 0.05) is 22.6 Å². The van der Waals surface area contributed by atoms with E-state index >= 15 is 0 Å². The molecule has 0 radical (unpaired) electrons. The quantitative estimate of drug-likeness (QED) is 0.755. The van der Waals surface area contributed by atoms with Gasteiger partial charge >= 0.3 is 0 Å². The molecule has 0 aromatic heterocycles. The standard InChI is InChI=1S/C21H22N2O3S/c1-14(9-10-22)27-20-6-4-3-5-18(20)23-21(24)16-11-15-7-8-17(25-2)12-19(15)26-13-16/h3-8,12,14,16H,9,11,13H2,1-2H3,(H,23,24). The Balaban J connectivity index is 1.68. The molecule has 2 unspecified atom stereocenters. The Hall–Kier alpha value is -2.65. The Morgan fingerprint density at radius 2 is 2.22 bits per heavy atom. The molecule has 5 nitrogen and oxygen atoms in total. The number of ether oxygens (including phenoxy) is 2. The lowest BCUT2D eigenvalue weighted by atomic mass is 9.96. The molecular formula is C21H22N2O3S. The first-order chi connectivity index (χ1) is 13.1. The predicted molar refractivity (Wildman–Crippen MR) is 106 cm³/mol. The summed E-state index contributed by atoms with van der Waals surface area (Å²) in [5, 5.41) is 12.1. The van der Waals surface area contributed by atoms with Gasteiger partial charge < -0.3 is 14.8 Å². The summed E-state index contributed by atoms with van der Waals surface area (Å²) >= 11 is 1.59. The largest absolute Gasteiger partial charge is 0.497 e. The molecule has 0 bridgehead atoms. The smallest absolute Gasteiger partial charge is 0.231 e. The number of nitrogens with zero attached hydrogens (tertiary/aromatic N) is 1. The van der Waals surface area contributed by atoms with Crippen LogP contribution in [0.4, 0.5) is 5.69 Å². The van der Waals surface area contributed by atoms with Crippen LogP contribution in [0.3, 0.4) is 0 Å². The van der Waals surface area contributed by atoms with Crippen molar-refractivity contribution in [1.82, 2.24) is 0 Å². The van der Waals surface area contributed by atoms with Crippen LogP contribution in [0.25, 0.3) is 0 Å². The zero-order chi connectivity index (χ0) is 19.2. The summed E-state index contributed by atoms with van der Waals surface area (Å²) in [6.45, 7) is 2.35. The molecule has 27 heavy (non-hydrogen) atoms. The number of hydrogen-bond acceptors (Lipinski definition) is 5. The fourth-order valence-electron chi connectivity index (χ4n) is 2.94. The molecule has 2 aromatic carbocycles. The minimum Gasteiger partial charge on any atom is -0.497 e. The lowest BCUT2D eigenvalue weighted by molar-refractivity contribution is -0.121. The summed E-state index contributed by atoms with van der Waals surface area (Å²) in [5.74, 6) is 1.21. The number of thioether (sulfide) groups is 1. The van der Waals surface area contributed by atoms with Crippen molar-refractivity contribution >= 4 is 23.4 Å². The SMILES string of the molecule is COc1ccc2c(c1)OCC(C(=O)Nc1ccccc1SC(C)CC#N)C2. The molecule has 0 saturated heterocycles. The zero-order valence-electron chi connectivity index (χ0n) is 15.4. The van der Waals surface area contributed by atoms with E-state index in [4.69, 9.17) is 14.7 Å². The first-order valence-electron chi connectivity index (χ1n) is 8.84. The number of para-hydroxylation sites is 1. The number of methoxy groups -OCH3 is 1. The Kier molecular flexibility index (Phi) is 6.25. The molecule has 2 atom stereocenters. The molecule has 1 N–H and O–H groups in total. The molecule has 2 aromatic rings. The van der Waals surface area contributed by atoms with Crippen LogP contribution in [0.1, 0.15) is 18.9 Å². The number of fused-ring (bicyclic) bond motifs is 1. The van der Waals surface area contributed by atoms with Crippen molar-refractivity contribution in [3.8, 4) is 17.6 Å². The maximum Gasteiger partial charge on any atom is 0.231 e. The predicted octanol–water partition coefficient (Wildman–Crippen LogP) is 4.28. The minimum absolute atomic E-state index is 0.0579. The van der Waals surface area contributed by atoms with Crippen LogP contribution in [0.5, 0.6) is 11.5 Å². The first kappa shape index (κ1) is 19.1. The molecular weight excluding hydrogens is 360 g/mol. The highest BCUT2D eigenvalue weighted by molar-refractivity contribution is 8.00. The maximum atomic E-state index is 12.8. The number of benzene rings is 2. The van der Waals surface area contributed by atoms with Gasteiger partial charge in [-0.15, -0.1) is 11.8 Å². The number of anilines is 1. The van der Waals surface area contributed by atoms with Crippen LogP contribution < -0.4 is 14.8 Å². The van der Waals surface area contributed by atoms with Crippen molar-refractivity contribution in [2.24, 2.45) is 5.92 Å². The molecule has 0 spiro atoms. The number of carbonyl (C=O) groups excluding carboxylic acids is 1. The fraction of sp³-hybridized carbons (Fsp3) is 0.333. The van der Waals surface area contributed by atoms with Gasteiger partial charge in [0.2, 0.25) is 5.91 Å². The molecule has 0 saturated carbocycles. The van der Waals surface area contributed by atoms with Crippen molar-refractivity contribution in [2.45, 2.75) is 29.9 Å². The summed E-state index contributed by atoms with van der Waals surface area (Å²) in [6.07, 6.45) is 1.09. The van der Waals surface area contributed by atoms with Gasteiger partial charge in [-0.05, 0) is 30.2 Å². The molecule has 0 fully saturated rings. The van der Waals surface area contributed by atoms with E-state index in [0.29, 0.717) is 19.4 Å². The van der Waals surface area contributed by atoms with Crippen LogP contribution in [-0.4, -0.2) is 24.9 Å². The molecule has 3 rings (SSSR count). The number of nitriles is 1. The Labute approximate surface area is 163 Å². The van der Waals surface area contributed by atoms with Gasteiger partial charge in [0.25, 0.3) is 0 Å². The van der Waals surface area contributed by atoms with Gasteiger partial charge in [0.1, 0.15) is 18.1 Å². The van der Waals surface area contributed by atoms with E-state index in [0.717, 1.165) is 27.6 Å². The fourth-order valence-corrected chi connectivity index (χ4v) is 3.94. The highest BCUT2D eigenvalue weighted by Crippen LogP contribution is 2.34. The minimum atomic E-state index is -0.250. The van der Waals surface area contributed by atoms with Gasteiger partial charge in [-0.25, -0.2) is 0 Å². The third-order valence-corrected chi connectivity index (χ3v) is 5.58.